The van der Waals surface area contributed by atoms with Crippen molar-refractivity contribution >= 4 is 33.3 Å². The van der Waals surface area contributed by atoms with E-state index in [1.165, 1.54) is 0 Å². The molecule has 1 saturated heterocycles. The van der Waals surface area contributed by atoms with Gasteiger partial charge in [-0.3, -0.25) is 19.4 Å². The monoisotopic (exact) mass is 352 g/mol. The van der Waals surface area contributed by atoms with Crippen molar-refractivity contribution in [1.29, 1.82) is 0 Å². The van der Waals surface area contributed by atoms with Crippen LogP contribution in [0.5, 0.6) is 0 Å². The third kappa shape index (κ3) is 2.75. The summed E-state index contributed by atoms with van der Waals surface area (Å²) >= 11 is 3.34. The normalized spacial score (nSPS) is 26.3. The van der Waals surface area contributed by atoms with E-state index < -0.39 is 11.7 Å². The predicted octanol–water partition coefficient (Wildman–Crippen LogP) is 2.05. The van der Waals surface area contributed by atoms with E-state index in [4.69, 9.17) is 4.74 Å². The molecule has 0 saturated carbocycles. The van der Waals surface area contributed by atoms with Gasteiger partial charge in [0.25, 0.3) is 5.78 Å². The quantitative estimate of drug-likeness (QED) is 0.764. The average Bonchev–Trinajstić information content (AvgIpc) is 2.63. The highest BCUT2D eigenvalue weighted by Crippen LogP contribution is 2.31. The molecule has 1 aromatic carbocycles. The first-order valence-electron chi connectivity index (χ1n) is 6.99. The average molecular weight is 353 g/mol. The van der Waals surface area contributed by atoms with Crippen LogP contribution in [0.3, 0.4) is 0 Å². The Kier molecular flexibility index (Phi) is 3.86. The zero-order chi connectivity index (χ0) is 15.1. The summed E-state index contributed by atoms with van der Waals surface area (Å²) < 4.78 is 6.50. The number of ether oxygens (including phenoxy) is 1. The Labute approximate surface area is 132 Å². The first kappa shape index (κ1) is 14.7. The zero-order valence-corrected chi connectivity index (χ0v) is 13.6. The Morgan fingerprint density at radius 1 is 1.24 bits per heavy atom. The Morgan fingerprint density at radius 2 is 1.90 bits per heavy atom. The van der Waals surface area contributed by atoms with Gasteiger partial charge in [0, 0.05) is 17.6 Å². The molecular formula is C15H17BrN2O3. The van der Waals surface area contributed by atoms with Crippen LogP contribution in [-0.2, 0) is 9.53 Å². The summed E-state index contributed by atoms with van der Waals surface area (Å²) in [6.45, 7) is 5.98. The second-order valence-electron chi connectivity index (χ2n) is 5.66. The fraction of sp³-hybridized carbons (Fsp3) is 0.467. The van der Waals surface area contributed by atoms with Crippen LogP contribution in [0.4, 0.5) is 5.69 Å². The number of fused-ring (bicyclic) bond motifs is 1. The molecule has 2 unspecified atom stereocenters. The van der Waals surface area contributed by atoms with Crippen molar-refractivity contribution < 1.29 is 14.3 Å². The smallest absolute Gasteiger partial charge is 0.300 e. The molecule has 0 spiro atoms. The second kappa shape index (κ2) is 5.51. The standard InChI is InChI=1S/C15H17BrN2O3/c1-9-6-17(7-10(2)21-9)8-18-13-4-3-11(16)5-12(13)14(19)15(18)20/h3-5,9-10H,6-8H2,1-2H3. The van der Waals surface area contributed by atoms with Crippen LogP contribution in [-0.4, -0.2) is 48.6 Å². The van der Waals surface area contributed by atoms with Crippen LogP contribution in [0.15, 0.2) is 22.7 Å². The van der Waals surface area contributed by atoms with Crippen LogP contribution in [0.1, 0.15) is 24.2 Å². The summed E-state index contributed by atoms with van der Waals surface area (Å²) in [7, 11) is 0. The molecule has 2 aliphatic heterocycles. The fourth-order valence-electron chi connectivity index (χ4n) is 3.01. The molecule has 2 heterocycles. The van der Waals surface area contributed by atoms with Crippen molar-refractivity contribution in [2.24, 2.45) is 0 Å². The highest BCUT2D eigenvalue weighted by Gasteiger charge is 2.37. The molecule has 0 aliphatic carbocycles. The summed E-state index contributed by atoms with van der Waals surface area (Å²) in [5, 5.41) is 0. The molecule has 112 valence electrons. The third-order valence-corrected chi connectivity index (χ3v) is 4.26. The number of carbonyl (C=O) groups excluding carboxylic acids is 2. The molecule has 5 nitrogen and oxygen atoms in total. The SMILES string of the molecule is CC1CN(CN2C(=O)C(=O)c3cc(Br)ccc32)CC(C)O1. The number of amides is 1. The topological polar surface area (TPSA) is 49.9 Å². The van der Waals surface area contributed by atoms with Crippen molar-refractivity contribution in [1.82, 2.24) is 4.90 Å². The van der Waals surface area contributed by atoms with Gasteiger partial charge in [0.15, 0.2) is 0 Å². The Balaban J connectivity index is 1.83. The maximum absolute atomic E-state index is 12.2. The highest BCUT2D eigenvalue weighted by atomic mass is 79.9. The van der Waals surface area contributed by atoms with Crippen molar-refractivity contribution in [2.45, 2.75) is 26.1 Å². The molecule has 2 aliphatic rings. The van der Waals surface area contributed by atoms with Crippen molar-refractivity contribution in [3.05, 3.63) is 28.2 Å². The summed E-state index contributed by atoms with van der Waals surface area (Å²) in [6, 6.07) is 5.37. The lowest BCUT2D eigenvalue weighted by Crippen LogP contribution is -2.50. The number of rotatable bonds is 2. The number of hydrogen-bond acceptors (Lipinski definition) is 4. The Morgan fingerprint density at radius 3 is 2.57 bits per heavy atom. The molecular weight excluding hydrogens is 336 g/mol. The minimum atomic E-state index is -0.449. The Bertz CT molecular complexity index is 595. The first-order chi connectivity index (χ1) is 9.95. The van der Waals surface area contributed by atoms with E-state index >= 15 is 0 Å². The molecule has 3 rings (SSSR count). The number of halogens is 1. The van der Waals surface area contributed by atoms with Crippen molar-refractivity contribution in [3.63, 3.8) is 0 Å². The summed E-state index contributed by atoms with van der Waals surface area (Å²) in [4.78, 5) is 28.0. The van der Waals surface area contributed by atoms with E-state index in [1.807, 2.05) is 26.0 Å². The maximum Gasteiger partial charge on any atom is 0.300 e. The van der Waals surface area contributed by atoms with Gasteiger partial charge in [0.1, 0.15) is 0 Å². The maximum atomic E-state index is 12.2. The lowest BCUT2D eigenvalue weighted by atomic mass is 10.1. The van der Waals surface area contributed by atoms with Gasteiger partial charge in [-0.05, 0) is 32.0 Å². The van der Waals surface area contributed by atoms with Gasteiger partial charge >= 0.3 is 5.91 Å². The second-order valence-corrected chi connectivity index (χ2v) is 6.57. The van der Waals surface area contributed by atoms with Gasteiger partial charge in [-0.15, -0.1) is 0 Å². The molecule has 6 heteroatoms. The van der Waals surface area contributed by atoms with Gasteiger partial charge in [-0.1, -0.05) is 15.9 Å². The van der Waals surface area contributed by atoms with Crippen LogP contribution >= 0.6 is 15.9 Å². The van der Waals surface area contributed by atoms with Gasteiger partial charge in [-0.2, -0.15) is 0 Å². The third-order valence-electron chi connectivity index (χ3n) is 3.77. The summed E-state index contributed by atoms with van der Waals surface area (Å²) in [5.74, 6) is -0.879. The van der Waals surface area contributed by atoms with E-state index in [0.29, 0.717) is 17.9 Å². The fourth-order valence-corrected chi connectivity index (χ4v) is 3.37. The van der Waals surface area contributed by atoms with E-state index in [2.05, 4.69) is 20.8 Å². The number of morpholine rings is 1. The molecule has 1 aromatic rings. The molecule has 0 N–H and O–H groups in total. The molecule has 2 atom stereocenters. The summed E-state index contributed by atoms with van der Waals surface area (Å²) in [5.41, 5.74) is 1.17. The van der Waals surface area contributed by atoms with E-state index in [9.17, 15) is 9.59 Å². The molecule has 0 radical (unpaired) electrons. The minimum Gasteiger partial charge on any atom is -0.373 e. The minimum absolute atomic E-state index is 0.131. The molecule has 1 amide bonds. The van der Waals surface area contributed by atoms with E-state index in [0.717, 1.165) is 17.6 Å². The summed E-state index contributed by atoms with van der Waals surface area (Å²) in [6.07, 6.45) is 0.262. The largest absolute Gasteiger partial charge is 0.373 e. The number of benzene rings is 1. The van der Waals surface area contributed by atoms with Crippen LogP contribution in [0, 0.1) is 0 Å². The zero-order valence-electron chi connectivity index (χ0n) is 12.0. The predicted molar refractivity (Wildman–Crippen MR) is 82.4 cm³/mol. The van der Waals surface area contributed by atoms with Gasteiger partial charge in [0.05, 0.1) is 30.1 Å². The first-order valence-corrected chi connectivity index (χ1v) is 7.78. The van der Waals surface area contributed by atoms with E-state index in [-0.39, 0.29) is 12.2 Å². The highest BCUT2D eigenvalue weighted by molar-refractivity contribution is 9.10. The van der Waals surface area contributed by atoms with E-state index in [1.54, 1.807) is 11.0 Å². The van der Waals surface area contributed by atoms with Crippen LogP contribution in [0.2, 0.25) is 0 Å². The number of hydrogen-bond donors (Lipinski definition) is 0. The molecule has 0 aromatic heterocycles. The molecule has 1 fully saturated rings. The number of ketones is 1. The lowest BCUT2D eigenvalue weighted by Gasteiger charge is -2.37. The molecule has 21 heavy (non-hydrogen) atoms. The van der Waals surface area contributed by atoms with Gasteiger partial charge in [0.2, 0.25) is 0 Å². The Hall–Kier alpha value is -1.24. The molecule has 0 bridgehead atoms. The number of Topliss-reactive ketones (excluding diaryl/α,β-unsaturated/α-hetero) is 1. The lowest BCUT2D eigenvalue weighted by molar-refractivity contribution is -0.115. The van der Waals surface area contributed by atoms with Crippen molar-refractivity contribution in [2.75, 3.05) is 24.7 Å². The van der Waals surface area contributed by atoms with Gasteiger partial charge in [-0.25, -0.2) is 0 Å². The van der Waals surface area contributed by atoms with Crippen molar-refractivity contribution in [3.8, 4) is 0 Å². The number of anilines is 1. The number of carbonyl (C=O) groups is 2. The van der Waals surface area contributed by atoms with Gasteiger partial charge < -0.3 is 4.74 Å². The number of nitrogens with zero attached hydrogens (tertiary/aromatic N) is 2. The van der Waals surface area contributed by atoms with Crippen LogP contribution < -0.4 is 4.90 Å². The van der Waals surface area contributed by atoms with Crippen LogP contribution in [0.25, 0.3) is 0 Å².